The van der Waals surface area contributed by atoms with Crippen LogP contribution in [0.15, 0.2) is 23.1 Å². The molecule has 2 heterocycles. The quantitative estimate of drug-likeness (QED) is 0.612. The Balaban J connectivity index is 1.50. The summed E-state index contributed by atoms with van der Waals surface area (Å²) in [6.45, 7) is 8.99. The van der Waals surface area contributed by atoms with E-state index in [9.17, 15) is 18.0 Å². The molecule has 1 aliphatic carbocycles. The Hall–Kier alpha value is -1.97. The van der Waals surface area contributed by atoms with E-state index in [1.54, 1.807) is 23.1 Å². The maximum Gasteiger partial charge on any atom is 0.246 e. The van der Waals surface area contributed by atoms with Gasteiger partial charge >= 0.3 is 0 Å². The van der Waals surface area contributed by atoms with Gasteiger partial charge in [0, 0.05) is 64.3 Å². The van der Waals surface area contributed by atoms with Gasteiger partial charge in [0.2, 0.25) is 21.8 Å². The number of benzene rings is 1. The highest BCUT2D eigenvalue weighted by atomic mass is 32.2. The van der Waals surface area contributed by atoms with Crippen molar-refractivity contribution in [3.63, 3.8) is 0 Å². The zero-order valence-electron chi connectivity index (χ0n) is 20.7. The molecule has 2 fully saturated rings. The molecule has 2 amide bonds. The molecule has 188 valence electrons. The monoisotopic (exact) mass is 490 g/mol. The van der Waals surface area contributed by atoms with Gasteiger partial charge in [-0.25, -0.2) is 8.42 Å². The number of amides is 2. The molecule has 0 unspecified atom stereocenters. The number of piperazine rings is 1. The van der Waals surface area contributed by atoms with Crippen LogP contribution in [0, 0.1) is 0 Å². The van der Waals surface area contributed by atoms with E-state index in [2.05, 4.69) is 4.90 Å². The maximum absolute atomic E-state index is 13.5. The highest BCUT2D eigenvalue weighted by Crippen LogP contribution is 2.36. The molecule has 1 saturated carbocycles. The molecule has 34 heavy (non-hydrogen) atoms. The summed E-state index contributed by atoms with van der Waals surface area (Å²) in [5, 5.41) is 0. The van der Waals surface area contributed by atoms with Gasteiger partial charge in [-0.15, -0.1) is 0 Å². The van der Waals surface area contributed by atoms with Gasteiger partial charge in [0.15, 0.2) is 0 Å². The fraction of sp³-hybridized carbons (Fsp3) is 0.680. The largest absolute Gasteiger partial charge is 0.338 e. The first-order valence-corrected chi connectivity index (χ1v) is 14.2. The number of carbonyl (C=O) groups excluding carboxylic acids is 2. The average molecular weight is 491 g/mol. The van der Waals surface area contributed by atoms with Gasteiger partial charge in [-0.3, -0.25) is 19.4 Å². The van der Waals surface area contributed by atoms with E-state index in [4.69, 9.17) is 0 Å². The predicted molar refractivity (Wildman–Crippen MR) is 132 cm³/mol. The van der Waals surface area contributed by atoms with Crippen LogP contribution in [-0.4, -0.2) is 85.7 Å². The smallest absolute Gasteiger partial charge is 0.246 e. The number of rotatable bonds is 6. The van der Waals surface area contributed by atoms with Gasteiger partial charge in [-0.2, -0.15) is 4.31 Å². The second-order valence-corrected chi connectivity index (χ2v) is 11.6. The highest BCUT2D eigenvalue weighted by molar-refractivity contribution is 7.89. The third-order valence-electron chi connectivity index (χ3n) is 7.72. The van der Waals surface area contributed by atoms with E-state index in [1.807, 2.05) is 18.7 Å². The number of nitrogens with zero attached hydrogens (tertiary/aromatic N) is 4. The van der Waals surface area contributed by atoms with Crippen molar-refractivity contribution in [3.8, 4) is 0 Å². The number of hydrogen-bond donors (Lipinski definition) is 0. The Bertz CT molecular complexity index is 1010. The third-order valence-corrected chi connectivity index (χ3v) is 9.77. The van der Waals surface area contributed by atoms with E-state index < -0.39 is 16.1 Å². The normalized spacial score (nSPS) is 22.3. The second-order valence-electron chi connectivity index (χ2n) is 9.64. The number of hydrogen-bond acceptors (Lipinski definition) is 5. The van der Waals surface area contributed by atoms with E-state index in [-0.39, 0.29) is 16.7 Å². The molecule has 0 spiro atoms. The molecule has 2 aliphatic heterocycles. The van der Waals surface area contributed by atoms with Crippen LogP contribution in [0.4, 0.5) is 5.69 Å². The van der Waals surface area contributed by atoms with Gasteiger partial charge in [-0.1, -0.05) is 33.1 Å². The van der Waals surface area contributed by atoms with Gasteiger partial charge in [-0.05, 0) is 36.6 Å². The van der Waals surface area contributed by atoms with E-state index in [0.717, 1.165) is 18.7 Å². The van der Waals surface area contributed by atoms with Crippen molar-refractivity contribution < 1.29 is 18.0 Å². The Morgan fingerprint density at radius 2 is 1.65 bits per heavy atom. The van der Waals surface area contributed by atoms with Gasteiger partial charge < -0.3 is 4.90 Å². The number of anilines is 1. The Kier molecular flexibility index (Phi) is 7.64. The van der Waals surface area contributed by atoms with Crippen LogP contribution in [-0.2, 0) is 26.0 Å². The molecule has 0 N–H and O–H groups in total. The Morgan fingerprint density at radius 3 is 2.24 bits per heavy atom. The molecule has 1 atom stereocenters. The second kappa shape index (κ2) is 10.3. The number of carbonyl (C=O) groups is 2. The maximum atomic E-state index is 13.5. The van der Waals surface area contributed by atoms with Crippen LogP contribution < -0.4 is 4.90 Å². The summed E-state index contributed by atoms with van der Waals surface area (Å²) in [4.78, 5) is 32.3. The third kappa shape index (κ3) is 4.75. The van der Waals surface area contributed by atoms with Crippen LogP contribution in [0.2, 0.25) is 0 Å². The summed E-state index contributed by atoms with van der Waals surface area (Å²) in [6.07, 6.45) is 6.77. The summed E-state index contributed by atoms with van der Waals surface area (Å²) in [5.74, 6) is -0.236. The molecule has 1 aromatic carbocycles. The first-order valence-electron chi connectivity index (χ1n) is 12.7. The molecule has 0 radical (unpaired) electrons. The summed E-state index contributed by atoms with van der Waals surface area (Å²) >= 11 is 0. The standard InChI is InChI=1S/C25H38N4O4S/c1-4-28(5-2)34(32,33)22-11-12-23-20(17-22)18-24(29(23)19(3)30)25(31)27-15-13-26(14-16-27)21-9-7-6-8-10-21/h11-12,17,21,24H,4-10,13-16,18H2,1-3H3/t24-/m1/s1. The molecule has 3 aliphatic rings. The SMILES string of the molecule is CCN(CC)S(=O)(=O)c1ccc2c(c1)C[C@H](C(=O)N1CCN(C3CCCCC3)CC1)N2C(C)=O. The molecule has 8 nitrogen and oxygen atoms in total. The van der Waals surface area contributed by atoms with Crippen LogP contribution in [0.5, 0.6) is 0 Å². The van der Waals surface area contributed by atoms with Gasteiger partial charge in [0.05, 0.1) is 4.90 Å². The summed E-state index contributed by atoms with van der Waals surface area (Å²) in [7, 11) is -3.61. The number of fused-ring (bicyclic) bond motifs is 1. The van der Waals surface area contributed by atoms with Crippen LogP contribution in [0.3, 0.4) is 0 Å². The molecular weight excluding hydrogens is 452 g/mol. The zero-order chi connectivity index (χ0) is 24.5. The van der Waals surface area contributed by atoms with Crippen molar-refractivity contribution in [2.75, 3.05) is 44.2 Å². The van der Waals surface area contributed by atoms with E-state index in [1.165, 1.54) is 43.3 Å². The zero-order valence-corrected chi connectivity index (χ0v) is 21.5. The lowest BCUT2D eigenvalue weighted by molar-refractivity contribution is -0.136. The van der Waals surface area contributed by atoms with Crippen molar-refractivity contribution >= 4 is 27.5 Å². The van der Waals surface area contributed by atoms with Gasteiger partial charge in [0.1, 0.15) is 6.04 Å². The first kappa shape index (κ1) is 25.1. The van der Waals surface area contributed by atoms with Crippen molar-refractivity contribution in [1.82, 2.24) is 14.1 Å². The first-order chi connectivity index (χ1) is 16.3. The molecule has 9 heteroatoms. The van der Waals surface area contributed by atoms with Crippen LogP contribution >= 0.6 is 0 Å². The van der Waals surface area contributed by atoms with Gasteiger partial charge in [0.25, 0.3) is 0 Å². The minimum absolute atomic E-state index is 0.0390. The minimum Gasteiger partial charge on any atom is -0.338 e. The highest BCUT2D eigenvalue weighted by Gasteiger charge is 2.40. The molecule has 4 rings (SSSR count). The fourth-order valence-electron chi connectivity index (χ4n) is 5.85. The van der Waals surface area contributed by atoms with Crippen molar-refractivity contribution in [2.45, 2.75) is 76.3 Å². The number of sulfonamides is 1. The summed E-state index contributed by atoms with van der Waals surface area (Å²) in [5.41, 5.74) is 1.38. The lowest BCUT2D eigenvalue weighted by Gasteiger charge is -2.41. The predicted octanol–water partition coefficient (Wildman–Crippen LogP) is 2.47. The lowest BCUT2D eigenvalue weighted by Crippen LogP contribution is -2.56. The van der Waals surface area contributed by atoms with Crippen LogP contribution in [0.25, 0.3) is 0 Å². The molecule has 1 aromatic rings. The van der Waals surface area contributed by atoms with Crippen molar-refractivity contribution in [1.29, 1.82) is 0 Å². The molecule has 0 bridgehead atoms. The van der Waals surface area contributed by atoms with E-state index in [0.29, 0.717) is 44.3 Å². The average Bonchev–Trinajstić information content (AvgIpc) is 3.24. The molecular formula is C25H38N4O4S. The lowest BCUT2D eigenvalue weighted by atomic mass is 9.94. The van der Waals surface area contributed by atoms with Crippen LogP contribution in [0.1, 0.15) is 58.4 Å². The fourth-order valence-corrected chi connectivity index (χ4v) is 7.36. The Morgan fingerprint density at radius 1 is 1.00 bits per heavy atom. The summed E-state index contributed by atoms with van der Waals surface area (Å²) in [6, 6.07) is 4.91. The van der Waals surface area contributed by atoms with Crippen molar-refractivity contribution in [2.24, 2.45) is 0 Å². The van der Waals surface area contributed by atoms with E-state index >= 15 is 0 Å². The molecule has 1 saturated heterocycles. The minimum atomic E-state index is -3.61. The Labute approximate surface area is 203 Å². The summed E-state index contributed by atoms with van der Waals surface area (Å²) < 4.78 is 27.4. The van der Waals surface area contributed by atoms with Crippen molar-refractivity contribution in [3.05, 3.63) is 23.8 Å². The topological polar surface area (TPSA) is 81.2 Å². The molecule has 0 aromatic heterocycles.